The maximum Gasteiger partial charge on any atom is 0.258 e. The Morgan fingerprint density at radius 1 is 1.00 bits per heavy atom. The van der Waals surface area contributed by atoms with E-state index in [0.717, 1.165) is 32.8 Å². The molecule has 0 saturated heterocycles. The number of carbonyl (C=O) groups is 3. The second-order valence-electron chi connectivity index (χ2n) is 10.7. The van der Waals surface area contributed by atoms with Crippen LogP contribution in [0.5, 0.6) is 0 Å². The summed E-state index contributed by atoms with van der Waals surface area (Å²) in [4.78, 5) is 44.9. The molecule has 2 heterocycles. The number of anilines is 2. The summed E-state index contributed by atoms with van der Waals surface area (Å²) >= 11 is 0. The Hall–Kier alpha value is -5.02. The first-order valence-corrected chi connectivity index (χ1v) is 14.0. The van der Waals surface area contributed by atoms with Gasteiger partial charge in [-0.25, -0.2) is 0 Å². The van der Waals surface area contributed by atoms with Crippen LogP contribution in [0, 0.1) is 6.92 Å². The molecule has 1 unspecified atom stereocenters. The number of hydrogen-bond acceptors (Lipinski definition) is 5. The van der Waals surface area contributed by atoms with Crippen molar-refractivity contribution in [3.8, 4) is 0 Å². The minimum atomic E-state index is -0.976. The number of likely N-dealkylation sites (N-methyl/N-ethyl adjacent to an activating group) is 1. The maximum absolute atomic E-state index is 14.4. The zero-order valence-corrected chi connectivity index (χ0v) is 23.7. The minimum absolute atomic E-state index is 0.0249. The van der Waals surface area contributed by atoms with Crippen molar-refractivity contribution in [2.24, 2.45) is 0 Å². The van der Waals surface area contributed by atoms with Gasteiger partial charge >= 0.3 is 0 Å². The topological polar surface area (TPSA) is 110 Å². The van der Waals surface area contributed by atoms with Gasteiger partial charge in [-0.05, 0) is 67.1 Å². The van der Waals surface area contributed by atoms with Gasteiger partial charge in [-0.3, -0.25) is 19.5 Å². The van der Waals surface area contributed by atoms with E-state index in [1.54, 1.807) is 42.1 Å². The molecule has 5 aromatic rings. The van der Waals surface area contributed by atoms with E-state index in [-0.39, 0.29) is 30.8 Å². The van der Waals surface area contributed by atoms with E-state index in [1.165, 1.54) is 0 Å². The molecule has 3 amide bonds. The standard InChI is InChI=1S/C33H32N6O3/c1-20-12-13-22-8-4-5-9-25(22)26(20)18-38-29-10-6-7-11-30(29)39(19-28(33(38)42)36-31(40)21(2)34-3)32(41)23-14-15-24-17-35-37-27(24)16-23/h4-17,21,28,34H,18-19H2,1-3H3,(H,35,37)(H,36,40)/t21-,28?/m0/s1. The van der Waals surface area contributed by atoms with Crippen molar-refractivity contribution in [1.82, 2.24) is 20.8 Å². The number of hydrogen-bond donors (Lipinski definition) is 3. The van der Waals surface area contributed by atoms with Crippen molar-refractivity contribution < 1.29 is 14.4 Å². The quantitative estimate of drug-likeness (QED) is 0.287. The lowest BCUT2D eigenvalue weighted by Gasteiger charge is -2.27. The monoisotopic (exact) mass is 560 g/mol. The first-order valence-electron chi connectivity index (χ1n) is 14.0. The summed E-state index contributed by atoms with van der Waals surface area (Å²) in [6.45, 7) is 4.01. The Bertz CT molecular complexity index is 1830. The van der Waals surface area contributed by atoms with Crippen molar-refractivity contribution >= 4 is 50.8 Å². The summed E-state index contributed by atoms with van der Waals surface area (Å²) in [5.74, 6) is -0.893. The Labute approximate surface area is 243 Å². The molecule has 1 aliphatic rings. The number of rotatable bonds is 6. The van der Waals surface area contributed by atoms with Crippen LogP contribution in [0.4, 0.5) is 11.4 Å². The molecule has 4 aromatic carbocycles. The van der Waals surface area contributed by atoms with Crippen LogP contribution in [-0.2, 0) is 16.1 Å². The van der Waals surface area contributed by atoms with E-state index in [9.17, 15) is 14.4 Å². The van der Waals surface area contributed by atoms with E-state index in [4.69, 9.17) is 0 Å². The molecule has 0 bridgehead atoms. The number of aromatic amines is 1. The van der Waals surface area contributed by atoms with E-state index >= 15 is 0 Å². The molecule has 9 heteroatoms. The Morgan fingerprint density at radius 3 is 2.55 bits per heavy atom. The second kappa shape index (κ2) is 11.1. The highest BCUT2D eigenvalue weighted by atomic mass is 16.2. The molecule has 0 saturated carbocycles. The lowest BCUT2D eigenvalue weighted by atomic mass is 9.99. The second-order valence-corrected chi connectivity index (χ2v) is 10.7. The lowest BCUT2D eigenvalue weighted by Crippen LogP contribution is -2.55. The average Bonchev–Trinajstić information content (AvgIpc) is 3.46. The fourth-order valence-corrected chi connectivity index (χ4v) is 5.52. The molecule has 42 heavy (non-hydrogen) atoms. The van der Waals surface area contributed by atoms with Gasteiger partial charge in [0.2, 0.25) is 5.91 Å². The number of aromatic nitrogens is 2. The molecule has 212 valence electrons. The van der Waals surface area contributed by atoms with Gasteiger partial charge in [-0.2, -0.15) is 5.10 Å². The van der Waals surface area contributed by atoms with Gasteiger partial charge in [0.05, 0.1) is 42.2 Å². The Morgan fingerprint density at radius 2 is 1.74 bits per heavy atom. The van der Waals surface area contributed by atoms with E-state index in [1.807, 2.05) is 49.4 Å². The van der Waals surface area contributed by atoms with Gasteiger partial charge in [0.1, 0.15) is 6.04 Å². The number of fused-ring (bicyclic) bond motifs is 3. The molecule has 1 aliphatic heterocycles. The Balaban J connectivity index is 1.47. The fraction of sp³-hybridized carbons (Fsp3) is 0.212. The molecule has 6 rings (SSSR count). The number of benzene rings is 4. The van der Waals surface area contributed by atoms with Crippen molar-refractivity contribution in [2.45, 2.75) is 32.5 Å². The number of H-pyrrole nitrogens is 1. The van der Waals surface area contributed by atoms with Crippen LogP contribution in [-0.4, -0.2) is 53.6 Å². The van der Waals surface area contributed by atoms with Crippen LogP contribution in [0.15, 0.2) is 85.1 Å². The molecule has 3 N–H and O–H groups in total. The van der Waals surface area contributed by atoms with Gasteiger partial charge in [0.25, 0.3) is 11.8 Å². The first-order chi connectivity index (χ1) is 20.4. The van der Waals surface area contributed by atoms with Crippen LogP contribution in [0.2, 0.25) is 0 Å². The summed E-state index contributed by atoms with van der Waals surface area (Å²) in [6.07, 6.45) is 1.70. The van der Waals surface area contributed by atoms with Crippen LogP contribution >= 0.6 is 0 Å². The first kappa shape index (κ1) is 27.2. The van der Waals surface area contributed by atoms with Crippen molar-refractivity contribution in [2.75, 3.05) is 23.4 Å². The molecular formula is C33H32N6O3. The smallest absolute Gasteiger partial charge is 0.258 e. The van der Waals surface area contributed by atoms with Gasteiger partial charge in [0, 0.05) is 10.9 Å². The molecule has 9 nitrogen and oxygen atoms in total. The predicted octanol–water partition coefficient (Wildman–Crippen LogP) is 4.31. The largest absolute Gasteiger partial charge is 0.341 e. The maximum atomic E-state index is 14.4. The molecule has 1 aromatic heterocycles. The van der Waals surface area contributed by atoms with Crippen molar-refractivity contribution in [1.29, 1.82) is 0 Å². The van der Waals surface area contributed by atoms with Crippen LogP contribution < -0.4 is 20.4 Å². The third-order valence-electron chi connectivity index (χ3n) is 8.06. The van der Waals surface area contributed by atoms with Crippen LogP contribution in [0.3, 0.4) is 0 Å². The fourth-order valence-electron chi connectivity index (χ4n) is 5.52. The number of aryl methyl sites for hydroxylation is 1. The minimum Gasteiger partial charge on any atom is -0.341 e. The van der Waals surface area contributed by atoms with Gasteiger partial charge in [0.15, 0.2) is 0 Å². The third-order valence-corrected chi connectivity index (χ3v) is 8.06. The third kappa shape index (κ3) is 4.88. The van der Waals surface area contributed by atoms with Gasteiger partial charge < -0.3 is 20.4 Å². The molecule has 2 atom stereocenters. The van der Waals surface area contributed by atoms with Crippen molar-refractivity contribution in [3.63, 3.8) is 0 Å². The van der Waals surface area contributed by atoms with Crippen LogP contribution in [0.25, 0.3) is 21.7 Å². The summed E-state index contributed by atoms with van der Waals surface area (Å²) in [5.41, 5.74) is 4.44. The molecule has 0 spiro atoms. The van der Waals surface area contributed by atoms with Gasteiger partial charge in [-0.1, -0.05) is 54.6 Å². The highest BCUT2D eigenvalue weighted by molar-refractivity contribution is 6.13. The van der Waals surface area contributed by atoms with Gasteiger partial charge in [-0.15, -0.1) is 0 Å². The number of amides is 3. The molecule has 0 fully saturated rings. The lowest BCUT2D eigenvalue weighted by molar-refractivity contribution is -0.128. The van der Waals surface area contributed by atoms with Crippen molar-refractivity contribution in [3.05, 3.63) is 102 Å². The normalized spacial score (nSPS) is 15.9. The van der Waals surface area contributed by atoms with E-state index in [0.29, 0.717) is 16.9 Å². The summed E-state index contributed by atoms with van der Waals surface area (Å²) in [5, 5.41) is 15.9. The summed E-state index contributed by atoms with van der Waals surface area (Å²) in [6, 6.07) is 23.5. The van der Waals surface area contributed by atoms with E-state index in [2.05, 4.69) is 45.1 Å². The zero-order chi connectivity index (χ0) is 29.4. The number of nitrogens with zero attached hydrogens (tertiary/aromatic N) is 3. The summed E-state index contributed by atoms with van der Waals surface area (Å²) < 4.78 is 0. The number of nitrogens with one attached hydrogen (secondary N) is 3. The zero-order valence-electron chi connectivity index (χ0n) is 23.7. The summed E-state index contributed by atoms with van der Waals surface area (Å²) in [7, 11) is 1.69. The Kier molecular flexibility index (Phi) is 7.18. The predicted molar refractivity (Wildman–Crippen MR) is 165 cm³/mol. The van der Waals surface area contributed by atoms with Crippen LogP contribution in [0.1, 0.15) is 28.4 Å². The molecule has 0 aliphatic carbocycles. The van der Waals surface area contributed by atoms with E-state index < -0.39 is 12.1 Å². The average molecular weight is 561 g/mol. The number of para-hydroxylation sites is 2. The molecular weight excluding hydrogens is 528 g/mol. The molecule has 0 radical (unpaired) electrons. The SMILES string of the molecule is CN[C@@H](C)C(=O)NC1CN(C(=O)c2ccc3cn[nH]c3c2)c2ccccc2N(Cc2c(C)ccc3ccccc23)C1=O. The number of carbonyl (C=O) groups excluding carboxylic acids is 3. The highest BCUT2D eigenvalue weighted by Gasteiger charge is 2.38. The highest BCUT2D eigenvalue weighted by Crippen LogP contribution is 2.36.